The first kappa shape index (κ1) is 17.1. The van der Waals surface area contributed by atoms with E-state index in [1.807, 2.05) is 12.1 Å². The van der Waals surface area contributed by atoms with Crippen LogP contribution in [0.4, 0.5) is 0 Å². The molecule has 1 heterocycles. The summed E-state index contributed by atoms with van der Waals surface area (Å²) in [5.41, 5.74) is 2.03. The second-order valence-corrected chi connectivity index (χ2v) is 8.75. The summed E-state index contributed by atoms with van der Waals surface area (Å²) in [5, 5.41) is 0. The van der Waals surface area contributed by atoms with Gasteiger partial charge >= 0.3 is 0 Å². The summed E-state index contributed by atoms with van der Waals surface area (Å²) >= 11 is 12.5. The highest BCUT2D eigenvalue weighted by molar-refractivity contribution is 9.12. The highest BCUT2D eigenvalue weighted by atomic mass is 79.9. The summed E-state index contributed by atoms with van der Waals surface area (Å²) in [6.45, 7) is 0. The first-order chi connectivity index (χ1) is 10.0. The molecule has 1 aromatic heterocycles. The lowest BCUT2D eigenvalue weighted by Crippen LogP contribution is -2.01. The van der Waals surface area contributed by atoms with Crippen LogP contribution in [0.2, 0.25) is 0 Å². The fraction of sp³-hybridized carbons (Fsp3) is 0.286. The van der Waals surface area contributed by atoms with Crippen LogP contribution in [0.3, 0.4) is 0 Å². The number of ether oxygens (including phenoxy) is 3. The van der Waals surface area contributed by atoms with E-state index in [1.54, 1.807) is 32.7 Å². The molecular weight excluding hydrogens is 488 g/mol. The summed E-state index contributed by atoms with van der Waals surface area (Å²) < 4.78 is 18.4. The van der Waals surface area contributed by atoms with E-state index in [9.17, 15) is 0 Å². The average Bonchev–Trinajstić information content (AvgIpc) is 2.83. The van der Waals surface area contributed by atoms with Crippen molar-refractivity contribution in [1.82, 2.24) is 0 Å². The van der Waals surface area contributed by atoms with E-state index in [1.165, 1.54) is 0 Å². The van der Waals surface area contributed by atoms with Gasteiger partial charge in [-0.2, -0.15) is 0 Å². The van der Waals surface area contributed by atoms with Gasteiger partial charge in [-0.05, 0) is 43.5 Å². The SMILES string of the molecule is COc1cc(OC)c(C(Br)c2cc(Br)sc2Br)c(OC)c1. The Kier molecular flexibility index (Phi) is 5.99. The number of rotatable bonds is 5. The standard InChI is InChI=1S/C14H13Br3O3S/c1-18-7-4-9(19-2)12(10(5-7)20-3)13(16)8-6-11(15)21-14(8)17/h4-6,13H,1-3H3. The van der Waals surface area contributed by atoms with E-state index in [4.69, 9.17) is 14.2 Å². The van der Waals surface area contributed by atoms with Crippen LogP contribution in [0.1, 0.15) is 16.0 Å². The Hall–Kier alpha value is -0.240. The van der Waals surface area contributed by atoms with Gasteiger partial charge in [-0.1, -0.05) is 15.9 Å². The number of alkyl halides is 1. The molecule has 0 N–H and O–H groups in total. The summed E-state index contributed by atoms with van der Waals surface area (Å²) in [6, 6.07) is 5.76. The molecule has 0 aliphatic rings. The zero-order valence-electron chi connectivity index (χ0n) is 11.6. The molecule has 0 spiro atoms. The minimum absolute atomic E-state index is 0.0646. The third-order valence-corrected chi connectivity index (χ3v) is 6.30. The number of hydrogen-bond acceptors (Lipinski definition) is 4. The Morgan fingerprint density at radius 3 is 1.90 bits per heavy atom. The molecule has 0 aliphatic heterocycles. The second-order valence-electron chi connectivity index (χ2n) is 4.09. The van der Waals surface area contributed by atoms with Crippen LogP contribution in [0, 0.1) is 0 Å². The third kappa shape index (κ3) is 3.57. The lowest BCUT2D eigenvalue weighted by atomic mass is 10.0. The minimum atomic E-state index is -0.0646. The molecule has 2 rings (SSSR count). The van der Waals surface area contributed by atoms with Crippen molar-refractivity contribution in [3.63, 3.8) is 0 Å². The molecule has 2 aromatic rings. The first-order valence-corrected chi connectivity index (χ1v) is 9.22. The molecule has 0 aliphatic carbocycles. The van der Waals surface area contributed by atoms with Crippen molar-refractivity contribution in [1.29, 1.82) is 0 Å². The Balaban J connectivity index is 2.58. The van der Waals surface area contributed by atoms with Crippen LogP contribution in [0.25, 0.3) is 0 Å². The molecule has 3 nitrogen and oxygen atoms in total. The van der Waals surface area contributed by atoms with Crippen LogP contribution >= 0.6 is 59.1 Å². The fourth-order valence-corrected chi connectivity index (χ4v) is 6.14. The molecule has 7 heteroatoms. The van der Waals surface area contributed by atoms with Gasteiger partial charge in [0.2, 0.25) is 0 Å². The van der Waals surface area contributed by atoms with Crippen molar-refractivity contribution in [2.24, 2.45) is 0 Å². The predicted octanol–water partition coefficient (Wildman–Crippen LogP) is 5.78. The molecular formula is C14H13Br3O3S. The molecule has 0 amide bonds. The van der Waals surface area contributed by atoms with Gasteiger partial charge in [0.05, 0.1) is 39.3 Å². The highest BCUT2D eigenvalue weighted by Gasteiger charge is 2.24. The molecule has 1 aromatic carbocycles. The second kappa shape index (κ2) is 7.35. The van der Waals surface area contributed by atoms with Crippen LogP contribution < -0.4 is 14.2 Å². The van der Waals surface area contributed by atoms with E-state index in [0.717, 1.165) is 18.7 Å². The quantitative estimate of drug-likeness (QED) is 0.487. The molecule has 1 unspecified atom stereocenters. The summed E-state index contributed by atoms with van der Waals surface area (Å²) in [5.74, 6) is 2.11. The normalized spacial score (nSPS) is 12.1. The van der Waals surface area contributed by atoms with Gasteiger partial charge in [0.25, 0.3) is 0 Å². The van der Waals surface area contributed by atoms with Crippen molar-refractivity contribution in [2.45, 2.75) is 4.83 Å². The maximum absolute atomic E-state index is 5.51. The number of methoxy groups -OCH3 is 3. The predicted molar refractivity (Wildman–Crippen MR) is 96.6 cm³/mol. The van der Waals surface area contributed by atoms with Crippen LogP contribution in [-0.2, 0) is 0 Å². The number of halogens is 3. The van der Waals surface area contributed by atoms with Crippen molar-refractivity contribution in [2.75, 3.05) is 21.3 Å². The average molecular weight is 501 g/mol. The molecule has 21 heavy (non-hydrogen) atoms. The molecule has 0 radical (unpaired) electrons. The maximum Gasteiger partial charge on any atom is 0.130 e. The molecule has 0 fully saturated rings. The van der Waals surface area contributed by atoms with Gasteiger partial charge in [-0.15, -0.1) is 11.3 Å². The maximum atomic E-state index is 5.51. The van der Waals surface area contributed by atoms with Crippen LogP contribution in [0.5, 0.6) is 17.2 Å². The molecule has 114 valence electrons. The van der Waals surface area contributed by atoms with Gasteiger partial charge in [0, 0.05) is 12.1 Å². The number of benzene rings is 1. The molecule has 0 bridgehead atoms. The molecule has 1 atom stereocenters. The molecule has 0 saturated carbocycles. The zero-order chi connectivity index (χ0) is 15.6. The topological polar surface area (TPSA) is 27.7 Å². The van der Waals surface area contributed by atoms with E-state index < -0.39 is 0 Å². The van der Waals surface area contributed by atoms with Crippen LogP contribution in [-0.4, -0.2) is 21.3 Å². The van der Waals surface area contributed by atoms with Crippen molar-refractivity contribution in [3.05, 3.63) is 36.9 Å². The smallest absolute Gasteiger partial charge is 0.130 e. The van der Waals surface area contributed by atoms with E-state index in [2.05, 4.69) is 53.9 Å². The Morgan fingerprint density at radius 2 is 1.52 bits per heavy atom. The Labute approximate surface area is 153 Å². The van der Waals surface area contributed by atoms with E-state index in [-0.39, 0.29) is 4.83 Å². The largest absolute Gasteiger partial charge is 0.496 e. The number of hydrogen-bond donors (Lipinski definition) is 0. The third-order valence-electron chi connectivity index (χ3n) is 2.96. The Morgan fingerprint density at radius 1 is 0.952 bits per heavy atom. The summed E-state index contributed by atoms with van der Waals surface area (Å²) in [6.07, 6.45) is 0. The van der Waals surface area contributed by atoms with E-state index >= 15 is 0 Å². The Bertz CT molecular complexity index is 617. The highest BCUT2D eigenvalue weighted by Crippen LogP contribution is 2.48. The monoisotopic (exact) mass is 498 g/mol. The minimum Gasteiger partial charge on any atom is -0.496 e. The van der Waals surface area contributed by atoms with Crippen molar-refractivity contribution >= 4 is 59.1 Å². The lowest BCUT2D eigenvalue weighted by molar-refractivity contribution is 0.369. The molecule has 0 saturated heterocycles. The number of thiophene rings is 1. The van der Waals surface area contributed by atoms with E-state index in [0.29, 0.717) is 17.2 Å². The van der Waals surface area contributed by atoms with Gasteiger partial charge in [0.1, 0.15) is 17.2 Å². The van der Waals surface area contributed by atoms with Gasteiger partial charge in [0.15, 0.2) is 0 Å². The first-order valence-electron chi connectivity index (χ1n) is 5.90. The summed E-state index contributed by atoms with van der Waals surface area (Å²) in [7, 11) is 4.89. The van der Waals surface area contributed by atoms with Crippen molar-refractivity contribution in [3.8, 4) is 17.2 Å². The zero-order valence-corrected chi connectivity index (χ0v) is 17.2. The van der Waals surface area contributed by atoms with Crippen LogP contribution in [0.15, 0.2) is 25.8 Å². The fourth-order valence-electron chi connectivity index (χ4n) is 1.96. The van der Waals surface area contributed by atoms with Gasteiger partial charge < -0.3 is 14.2 Å². The van der Waals surface area contributed by atoms with Crippen molar-refractivity contribution < 1.29 is 14.2 Å². The summed E-state index contributed by atoms with van der Waals surface area (Å²) in [4.78, 5) is -0.0646. The lowest BCUT2D eigenvalue weighted by Gasteiger charge is -2.19. The van der Waals surface area contributed by atoms with Gasteiger partial charge in [-0.3, -0.25) is 0 Å². The van der Waals surface area contributed by atoms with Gasteiger partial charge in [-0.25, -0.2) is 0 Å².